The van der Waals surface area contributed by atoms with E-state index >= 15 is 0 Å². The second-order valence-corrected chi connectivity index (χ2v) is 6.99. The molecule has 2 aliphatic rings. The molecule has 0 saturated heterocycles. The Kier molecular flexibility index (Phi) is 4.13. The number of nitrogens with one attached hydrogen (secondary N) is 1. The van der Waals surface area contributed by atoms with E-state index in [4.69, 9.17) is 5.73 Å². The summed E-state index contributed by atoms with van der Waals surface area (Å²) >= 11 is 0. The van der Waals surface area contributed by atoms with Crippen molar-refractivity contribution < 1.29 is 0 Å². The molecule has 1 fully saturated rings. The summed E-state index contributed by atoms with van der Waals surface area (Å²) in [5, 5.41) is 3.96. The maximum Gasteiger partial charge on any atom is 0.0344 e. The van der Waals surface area contributed by atoms with Crippen LogP contribution in [0.3, 0.4) is 0 Å². The molecular weight excluding hydrogens is 244 g/mol. The fourth-order valence-electron chi connectivity index (χ4n) is 4.25. The highest BCUT2D eigenvalue weighted by Gasteiger charge is 2.33. The molecule has 0 heterocycles. The van der Waals surface area contributed by atoms with Gasteiger partial charge in [-0.15, -0.1) is 0 Å². The van der Waals surface area contributed by atoms with Gasteiger partial charge in [-0.1, -0.05) is 51.0 Å². The zero-order valence-electron chi connectivity index (χ0n) is 12.8. The zero-order valence-corrected chi connectivity index (χ0v) is 12.8. The van der Waals surface area contributed by atoms with Crippen molar-refractivity contribution in [2.75, 3.05) is 0 Å². The summed E-state index contributed by atoms with van der Waals surface area (Å²) in [4.78, 5) is 0. The third kappa shape index (κ3) is 2.64. The Morgan fingerprint density at radius 3 is 2.55 bits per heavy atom. The van der Waals surface area contributed by atoms with Gasteiger partial charge in [-0.3, -0.25) is 0 Å². The average Bonchev–Trinajstić information content (AvgIpc) is 2.76. The predicted molar refractivity (Wildman–Crippen MR) is 84.4 cm³/mol. The number of hydrogen-bond donors (Lipinski definition) is 2. The van der Waals surface area contributed by atoms with Crippen LogP contribution in [-0.4, -0.2) is 6.04 Å². The fourth-order valence-corrected chi connectivity index (χ4v) is 4.25. The molecule has 3 rings (SSSR count). The highest BCUT2D eigenvalue weighted by atomic mass is 15.0. The molecule has 4 unspecified atom stereocenters. The van der Waals surface area contributed by atoms with E-state index in [-0.39, 0.29) is 6.04 Å². The Morgan fingerprint density at radius 1 is 1.10 bits per heavy atom. The molecule has 4 atom stereocenters. The Morgan fingerprint density at radius 2 is 1.80 bits per heavy atom. The summed E-state index contributed by atoms with van der Waals surface area (Å²) in [6.07, 6.45) is 6.55. The van der Waals surface area contributed by atoms with E-state index < -0.39 is 0 Å². The molecule has 1 aromatic carbocycles. The normalized spacial score (nSPS) is 33.4. The topological polar surface area (TPSA) is 38.0 Å². The van der Waals surface area contributed by atoms with Crippen molar-refractivity contribution in [1.29, 1.82) is 0 Å². The van der Waals surface area contributed by atoms with E-state index in [0.717, 1.165) is 18.3 Å². The van der Waals surface area contributed by atoms with E-state index in [1.165, 1.54) is 36.8 Å². The minimum Gasteiger partial charge on any atom is -0.324 e. The minimum atomic E-state index is 0.213. The molecule has 0 aromatic heterocycles. The summed E-state index contributed by atoms with van der Waals surface area (Å²) in [6, 6.07) is 10.1. The lowest BCUT2D eigenvalue weighted by molar-refractivity contribution is 0.190. The van der Waals surface area contributed by atoms with Crippen LogP contribution in [0.4, 0.5) is 0 Å². The maximum absolute atomic E-state index is 6.30. The van der Waals surface area contributed by atoms with Crippen LogP contribution in [0.2, 0.25) is 0 Å². The first-order valence-electron chi connectivity index (χ1n) is 8.27. The maximum atomic E-state index is 6.30. The lowest BCUT2D eigenvalue weighted by atomic mass is 9.77. The van der Waals surface area contributed by atoms with Gasteiger partial charge in [0.1, 0.15) is 0 Å². The monoisotopic (exact) mass is 272 g/mol. The second-order valence-electron chi connectivity index (χ2n) is 6.99. The fraction of sp³-hybridized carbons (Fsp3) is 0.667. The molecule has 1 aromatic rings. The zero-order chi connectivity index (χ0) is 14.1. The van der Waals surface area contributed by atoms with Crippen molar-refractivity contribution in [3.05, 3.63) is 35.4 Å². The Hall–Kier alpha value is -0.860. The molecule has 20 heavy (non-hydrogen) atoms. The van der Waals surface area contributed by atoms with Gasteiger partial charge in [0, 0.05) is 18.1 Å². The highest BCUT2D eigenvalue weighted by Crippen LogP contribution is 2.39. The van der Waals surface area contributed by atoms with Crippen molar-refractivity contribution in [3.63, 3.8) is 0 Å². The first kappa shape index (κ1) is 14.1. The van der Waals surface area contributed by atoms with Crippen LogP contribution in [-0.2, 0) is 0 Å². The number of nitrogens with two attached hydrogens (primary N) is 1. The van der Waals surface area contributed by atoms with Crippen LogP contribution >= 0.6 is 0 Å². The largest absolute Gasteiger partial charge is 0.324 e. The average molecular weight is 272 g/mol. The minimum absolute atomic E-state index is 0.213. The third-order valence-corrected chi connectivity index (χ3v) is 5.35. The second kappa shape index (κ2) is 5.87. The predicted octanol–water partition coefficient (Wildman–Crippen LogP) is 3.94. The van der Waals surface area contributed by atoms with Gasteiger partial charge in [0.25, 0.3) is 0 Å². The van der Waals surface area contributed by atoms with Crippen LogP contribution in [0.5, 0.6) is 0 Å². The molecule has 2 aliphatic carbocycles. The number of rotatable bonds is 3. The van der Waals surface area contributed by atoms with Gasteiger partial charge in [0.15, 0.2) is 0 Å². The quantitative estimate of drug-likeness (QED) is 0.874. The van der Waals surface area contributed by atoms with Crippen molar-refractivity contribution in [3.8, 4) is 0 Å². The first-order chi connectivity index (χ1) is 9.66. The Bertz CT molecular complexity index is 454. The van der Waals surface area contributed by atoms with Gasteiger partial charge in [0.05, 0.1) is 0 Å². The number of benzene rings is 1. The molecular formula is C18H28N2. The molecule has 0 amide bonds. The van der Waals surface area contributed by atoms with Gasteiger partial charge in [-0.2, -0.15) is 0 Å². The van der Waals surface area contributed by atoms with Crippen LogP contribution in [0.25, 0.3) is 0 Å². The van der Waals surface area contributed by atoms with E-state index in [9.17, 15) is 0 Å². The number of fused-ring (bicyclic) bond motifs is 1. The SMILES string of the molecule is CC(C)C1CCCCC1NC1CC(N)c2ccccc21. The molecule has 0 bridgehead atoms. The van der Waals surface area contributed by atoms with Gasteiger partial charge in [-0.05, 0) is 42.2 Å². The summed E-state index contributed by atoms with van der Waals surface area (Å²) in [5.41, 5.74) is 9.08. The van der Waals surface area contributed by atoms with Crippen LogP contribution in [0.1, 0.15) is 69.2 Å². The van der Waals surface area contributed by atoms with Crippen molar-refractivity contribution in [1.82, 2.24) is 5.32 Å². The van der Waals surface area contributed by atoms with E-state index in [2.05, 4.69) is 43.4 Å². The molecule has 2 nitrogen and oxygen atoms in total. The molecule has 2 heteroatoms. The summed E-state index contributed by atoms with van der Waals surface area (Å²) in [5.74, 6) is 1.60. The van der Waals surface area contributed by atoms with E-state index in [0.29, 0.717) is 12.1 Å². The van der Waals surface area contributed by atoms with Crippen molar-refractivity contribution >= 4 is 0 Å². The molecule has 0 spiro atoms. The molecule has 0 aliphatic heterocycles. The molecule has 0 radical (unpaired) electrons. The molecule has 1 saturated carbocycles. The molecule has 3 N–H and O–H groups in total. The Balaban J connectivity index is 1.75. The van der Waals surface area contributed by atoms with Crippen LogP contribution in [0, 0.1) is 11.8 Å². The lowest BCUT2D eigenvalue weighted by Crippen LogP contribution is -2.42. The standard InChI is InChI=1S/C18H28N2/c1-12(2)13-7-5-6-10-17(13)20-18-11-16(19)14-8-3-4-9-15(14)18/h3-4,8-9,12-13,16-18,20H,5-7,10-11,19H2,1-2H3. The van der Waals surface area contributed by atoms with E-state index in [1.807, 2.05) is 0 Å². The first-order valence-corrected chi connectivity index (χ1v) is 8.27. The van der Waals surface area contributed by atoms with Gasteiger partial charge >= 0.3 is 0 Å². The van der Waals surface area contributed by atoms with E-state index in [1.54, 1.807) is 0 Å². The van der Waals surface area contributed by atoms with Crippen molar-refractivity contribution in [2.24, 2.45) is 17.6 Å². The van der Waals surface area contributed by atoms with Crippen LogP contribution < -0.4 is 11.1 Å². The summed E-state index contributed by atoms with van der Waals surface area (Å²) < 4.78 is 0. The van der Waals surface area contributed by atoms with Gasteiger partial charge in [-0.25, -0.2) is 0 Å². The van der Waals surface area contributed by atoms with Crippen molar-refractivity contribution in [2.45, 2.75) is 64.1 Å². The lowest BCUT2D eigenvalue weighted by Gasteiger charge is -2.37. The van der Waals surface area contributed by atoms with Gasteiger partial charge < -0.3 is 11.1 Å². The Labute approximate surface area is 123 Å². The molecule has 110 valence electrons. The summed E-state index contributed by atoms with van der Waals surface area (Å²) in [7, 11) is 0. The van der Waals surface area contributed by atoms with Gasteiger partial charge in [0.2, 0.25) is 0 Å². The summed E-state index contributed by atoms with van der Waals surface area (Å²) in [6.45, 7) is 4.75. The third-order valence-electron chi connectivity index (χ3n) is 5.35. The highest BCUT2D eigenvalue weighted by molar-refractivity contribution is 5.37. The van der Waals surface area contributed by atoms with Crippen LogP contribution in [0.15, 0.2) is 24.3 Å². The smallest absolute Gasteiger partial charge is 0.0344 e. The number of hydrogen-bond acceptors (Lipinski definition) is 2.